The van der Waals surface area contributed by atoms with Crippen LogP contribution in [0.1, 0.15) is 75.6 Å². The van der Waals surface area contributed by atoms with Crippen molar-refractivity contribution in [3.8, 4) is 0 Å². The molecule has 2 heteroatoms. The van der Waals surface area contributed by atoms with Crippen molar-refractivity contribution in [2.75, 3.05) is 0 Å². The molecule has 0 amide bonds. The molecule has 3 rings (SSSR count). The molecule has 0 aliphatic heterocycles. The Morgan fingerprint density at radius 3 is 2.33 bits per heavy atom. The first-order valence-corrected chi connectivity index (χ1v) is 10.8. The van der Waals surface area contributed by atoms with Crippen LogP contribution in [-0.4, -0.2) is 19.6 Å². The van der Waals surface area contributed by atoms with Gasteiger partial charge in [0.05, 0.1) is 0 Å². The normalized spacial score (nSPS) is 37.5. The first-order chi connectivity index (χ1) is 10.2. The number of aliphatic hydroxyl groups is 1. The van der Waals surface area contributed by atoms with Gasteiger partial charge in [-0.25, -0.2) is 0 Å². The van der Waals surface area contributed by atoms with Gasteiger partial charge in [-0.2, -0.15) is 0 Å². The summed E-state index contributed by atoms with van der Waals surface area (Å²) in [6, 6.07) is 4.31. The van der Waals surface area contributed by atoms with Gasteiger partial charge in [0.2, 0.25) is 0 Å². The quantitative estimate of drug-likeness (QED) is 0.776. The maximum absolute atomic E-state index is 10.9. The van der Waals surface area contributed by atoms with Crippen LogP contribution in [-0.2, 0) is 5.60 Å². The molecule has 1 heterocycles. The Balaban J connectivity index is 1.50. The third-order valence-electron chi connectivity index (χ3n) is 6.09. The van der Waals surface area contributed by atoms with Crippen LogP contribution < -0.4 is 0 Å². The molecule has 1 aromatic heterocycles. The van der Waals surface area contributed by atoms with E-state index in [0.717, 1.165) is 30.6 Å². The fourth-order valence-electron chi connectivity index (χ4n) is 4.74. The Morgan fingerprint density at radius 1 is 1.10 bits per heavy atom. The van der Waals surface area contributed by atoms with Crippen molar-refractivity contribution in [1.29, 1.82) is 0 Å². The summed E-state index contributed by atoms with van der Waals surface area (Å²) in [7, 11) is 0. The minimum absolute atomic E-state index is 0.416. The zero-order valence-corrected chi connectivity index (χ0v) is 15.1. The monoisotopic (exact) mass is 354 g/mol. The predicted molar refractivity (Wildman–Crippen MR) is 89.6 cm³/mol. The summed E-state index contributed by atoms with van der Waals surface area (Å²) in [6.45, 7) is 2.32. The standard InChI is InChI=1S/C19H30OSe/c1-2-4-15-6-8-16(9-7-15)17-10-12-19(20,13-11-17)18-5-3-14-21-18/h3,5,14-17,20H,2,4,6-13H2,1H3. The average molecular weight is 353 g/mol. The Hall–Kier alpha value is -0.0405. The van der Waals surface area contributed by atoms with Gasteiger partial charge >= 0.3 is 136 Å². The topological polar surface area (TPSA) is 20.2 Å². The van der Waals surface area contributed by atoms with Crippen LogP contribution in [0.5, 0.6) is 0 Å². The van der Waals surface area contributed by atoms with E-state index in [0.29, 0.717) is 14.5 Å². The molecule has 0 spiro atoms. The van der Waals surface area contributed by atoms with Gasteiger partial charge in [0.1, 0.15) is 0 Å². The van der Waals surface area contributed by atoms with Gasteiger partial charge in [-0.3, -0.25) is 0 Å². The molecule has 2 fully saturated rings. The molecule has 0 saturated heterocycles. The van der Waals surface area contributed by atoms with E-state index in [-0.39, 0.29) is 0 Å². The summed E-state index contributed by atoms with van der Waals surface area (Å²) in [5.74, 6) is 2.88. The Labute approximate surface area is 135 Å². The average Bonchev–Trinajstić information content (AvgIpc) is 3.05. The third kappa shape index (κ3) is 3.66. The van der Waals surface area contributed by atoms with Crippen LogP contribution in [0.25, 0.3) is 0 Å². The minimum atomic E-state index is -0.445. The molecular formula is C19H30OSe. The van der Waals surface area contributed by atoms with Gasteiger partial charge in [0.25, 0.3) is 0 Å². The molecule has 0 bridgehead atoms. The molecule has 0 radical (unpaired) electrons. The summed E-state index contributed by atoms with van der Waals surface area (Å²) in [5.41, 5.74) is -0.445. The summed E-state index contributed by atoms with van der Waals surface area (Å²) in [4.78, 5) is 2.24. The summed E-state index contributed by atoms with van der Waals surface area (Å²) in [5, 5.41) is 10.9. The SMILES string of the molecule is CCCC1CCC(C2CCC(O)(c3ccc[se]3)CC2)CC1. The van der Waals surface area contributed by atoms with Gasteiger partial charge in [-0.05, 0) is 0 Å². The van der Waals surface area contributed by atoms with Gasteiger partial charge in [0.15, 0.2) is 0 Å². The van der Waals surface area contributed by atoms with E-state index in [2.05, 4.69) is 24.0 Å². The van der Waals surface area contributed by atoms with Crippen LogP contribution >= 0.6 is 0 Å². The van der Waals surface area contributed by atoms with E-state index in [4.69, 9.17) is 0 Å². The molecule has 0 unspecified atom stereocenters. The Morgan fingerprint density at radius 2 is 1.76 bits per heavy atom. The van der Waals surface area contributed by atoms with Crippen molar-refractivity contribution in [1.82, 2.24) is 0 Å². The molecule has 118 valence electrons. The van der Waals surface area contributed by atoms with Crippen molar-refractivity contribution in [3.63, 3.8) is 0 Å². The van der Waals surface area contributed by atoms with Crippen molar-refractivity contribution in [2.24, 2.45) is 17.8 Å². The van der Waals surface area contributed by atoms with Gasteiger partial charge in [-0.1, -0.05) is 0 Å². The summed E-state index contributed by atoms with van der Waals surface area (Å²) in [6.07, 6.45) is 13.2. The predicted octanol–water partition coefficient (Wildman–Crippen LogP) is 4.73. The third-order valence-corrected chi connectivity index (χ3v) is 8.32. The van der Waals surface area contributed by atoms with Crippen molar-refractivity contribution < 1.29 is 5.11 Å². The second-order valence-electron chi connectivity index (χ2n) is 7.42. The molecule has 1 aromatic rings. The molecule has 1 N–H and O–H groups in total. The molecule has 0 atom stereocenters. The molecule has 0 aromatic carbocycles. The van der Waals surface area contributed by atoms with Gasteiger partial charge in [0, 0.05) is 0 Å². The van der Waals surface area contributed by atoms with Crippen LogP contribution in [0.3, 0.4) is 0 Å². The number of hydrogen-bond acceptors (Lipinski definition) is 1. The van der Waals surface area contributed by atoms with E-state index < -0.39 is 5.60 Å². The molecule has 2 saturated carbocycles. The van der Waals surface area contributed by atoms with E-state index >= 15 is 0 Å². The summed E-state index contributed by atoms with van der Waals surface area (Å²) < 4.78 is 1.33. The molecule has 2 aliphatic carbocycles. The van der Waals surface area contributed by atoms with Crippen LogP contribution in [0.4, 0.5) is 0 Å². The maximum atomic E-state index is 10.9. The van der Waals surface area contributed by atoms with Crippen molar-refractivity contribution in [2.45, 2.75) is 76.7 Å². The van der Waals surface area contributed by atoms with Gasteiger partial charge in [-0.15, -0.1) is 0 Å². The molecule has 2 aliphatic rings. The zero-order chi connectivity index (χ0) is 14.7. The van der Waals surface area contributed by atoms with Gasteiger partial charge < -0.3 is 0 Å². The Bertz CT molecular complexity index is 409. The second kappa shape index (κ2) is 7.02. The number of rotatable bonds is 4. The van der Waals surface area contributed by atoms with E-state index in [1.807, 2.05) is 0 Å². The summed E-state index contributed by atoms with van der Waals surface area (Å²) >= 11 is 0.416. The van der Waals surface area contributed by atoms with E-state index in [1.54, 1.807) is 0 Å². The molecule has 21 heavy (non-hydrogen) atoms. The molecule has 1 nitrogen and oxygen atoms in total. The van der Waals surface area contributed by atoms with E-state index in [1.165, 1.54) is 55.8 Å². The first-order valence-electron chi connectivity index (χ1n) is 8.97. The fourth-order valence-corrected chi connectivity index (χ4v) is 6.59. The first kappa shape index (κ1) is 15.8. The van der Waals surface area contributed by atoms with Crippen LogP contribution in [0.2, 0.25) is 0 Å². The second-order valence-corrected chi connectivity index (χ2v) is 9.40. The zero-order valence-electron chi connectivity index (χ0n) is 13.4. The molecular weight excluding hydrogens is 323 g/mol. The Kier molecular flexibility index (Phi) is 5.30. The van der Waals surface area contributed by atoms with Crippen LogP contribution in [0.15, 0.2) is 17.1 Å². The number of hydrogen-bond donors (Lipinski definition) is 1. The van der Waals surface area contributed by atoms with Crippen molar-refractivity contribution in [3.05, 3.63) is 21.5 Å². The van der Waals surface area contributed by atoms with Crippen LogP contribution in [0, 0.1) is 17.8 Å². The van der Waals surface area contributed by atoms with E-state index in [9.17, 15) is 5.11 Å². The fraction of sp³-hybridized carbons (Fsp3) is 0.789. The van der Waals surface area contributed by atoms with Crippen molar-refractivity contribution >= 4 is 14.5 Å².